The van der Waals surface area contributed by atoms with Gasteiger partial charge in [0.25, 0.3) is 0 Å². The Morgan fingerprint density at radius 2 is 1.80 bits per heavy atom. The molecule has 2 aromatic rings. The van der Waals surface area contributed by atoms with Crippen molar-refractivity contribution in [1.82, 2.24) is 5.32 Å². The molecule has 1 aliphatic rings. The van der Waals surface area contributed by atoms with E-state index in [1.807, 2.05) is 36.4 Å². The number of benzene rings is 2. The van der Waals surface area contributed by atoms with Crippen LogP contribution >= 0.6 is 0 Å². The van der Waals surface area contributed by atoms with Crippen molar-refractivity contribution in [1.29, 1.82) is 0 Å². The van der Waals surface area contributed by atoms with Gasteiger partial charge in [-0.3, -0.25) is 0 Å². The highest BCUT2D eigenvalue weighted by Gasteiger charge is 2.27. The number of hydrogen-bond donors (Lipinski definition) is 1. The first-order valence-corrected chi connectivity index (χ1v) is 7.36. The molecule has 0 saturated heterocycles. The lowest BCUT2D eigenvalue weighted by Gasteiger charge is -2.13. The zero-order chi connectivity index (χ0) is 13.8. The molecule has 0 heterocycles. The quantitative estimate of drug-likeness (QED) is 0.839. The van der Waals surface area contributed by atoms with Gasteiger partial charge in [-0.1, -0.05) is 30.3 Å². The number of nitrogens with one attached hydrogen (secondary N) is 1. The molecule has 1 N–H and O–H groups in total. The minimum Gasteiger partial charge on any atom is -0.457 e. The van der Waals surface area contributed by atoms with E-state index in [0.717, 1.165) is 24.0 Å². The summed E-state index contributed by atoms with van der Waals surface area (Å²) in [4.78, 5) is 0. The molecule has 1 saturated carbocycles. The van der Waals surface area contributed by atoms with Gasteiger partial charge in [-0.2, -0.15) is 0 Å². The lowest BCUT2D eigenvalue weighted by atomic mass is 10.1. The summed E-state index contributed by atoms with van der Waals surface area (Å²) < 4.78 is 5.86. The first-order chi connectivity index (χ1) is 9.81. The average Bonchev–Trinajstić information content (AvgIpc) is 3.31. The summed E-state index contributed by atoms with van der Waals surface area (Å²) in [6.45, 7) is 3.19. The molecule has 1 atom stereocenters. The molecular formula is C18H21NO. The van der Waals surface area contributed by atoms with Gasteiger partial charge in [-0.15, -0.1) is 0 Å². The molecule has 0 unspecified atom stereocenters. The summed E-state index contributed by atoms with van der Waals surface area (Å²) >= 11 is 0. The molecule has 1 aliphatic carbocycles. The van der Waals surface area contributed by atoms with E-state index in [1.54, 1.807) is 0 Å². The van der Waals surface area contributed by atoms with Gasteiger partial charge in [0.1, 0.15) is 11.5 Å². The highest BCUT2D eigenvalue weighted by Crippen LogP contribution is 2.32. The molecule has 0 spiro atoms. The Balaban J connectivity index is 1.60. The van der Waals surface area contributed by atoms with Crippen LogP contribution < -0.4 is 10.1 Å². The van der Waals surface area contributed by atoms with E-state index in [4.69, 9.17) is 4.74 Å². The van der Waals surface area contributed by atoms with Crippen LogP contribution in [0.4, 0.5) is 0 Å². The molecule has 1 fully saturated rings. The van der Waals surface area contributed by atoms with Crippen LogP contribution in [0, 0.1) is 5.92 Å². The summed E-state index contributed by atoms with van der Waals surface area (Å²) in [6.07, 6.45) is 2.76. The fourth-order valence-corrected chi connectivity index (χ4v) is 2.39. The Labute approximate surface area is 120 Å². The van der Waals surface area contributed by atoms with Crippen molar-refractivity contribution in [3.05, 3.63) is 60.2 Å². The van der Waals surface area contributed by atoms with Gasteiger partial charge in [0.15, 0.2) is 0 Å². The van der Waals surface area contributed by atoms with E-state index in [9.17, 15) is 0 Å². The van der Waals surface area contributed by atoms with Gasteiger partial charge in [-0.25, -0.2) is 0 Å². The van der Waals surface area contributed by atoms with Crippen LogP contribution in [0.1, 0.15) is 25.3 Å². The smallest absolute Gasteiger partial charge is 0.127 e. The third-order valence-corrected chi connectivity index (χ3v) is 3.83. The fraction of sp³-hybridized carbons (Fsp3) is 0.333. The molecule has 0 amide bonds. The average molecular weight is 267 g/mol. The Hall–Kier alpha value is -1.80. The number of ether oxygens (including phenoxy) is 1. The minimum absolute atomic E-state index is 0.619. The highest BCUT2D eigenvalue weighted by atomic mass is 16.5. The molecular weight excluding hydrogens is 246 g/mol. The summed E-state index contributed by atoms with van der Waals surface area (Å²) in [5, 5.41) is 3.60. The van der Waals surface area contributed by atoms with Crippen LogP contribution in [-0.4, -0.2) is 6.04 Å². The fourth-order valence-electron chi connectivity index (χ4n) is 2.39. The van der Waals surface area contributed by atoms with Crippen molar-refractivity contribution in [3.8, 4) is 11.5 Å². The molecule has 3 rings (SSSR count). The molecule has 0 bridgehead atoms. The first-order valence-electron chi connectivity index (χ1n) is 7.36. The van der Waals surface area contributed by atoms with Crippen molar-refractivity contribution < 1.29 is 4.74 Å². The monoisotopic (exact) mass is 267 g/mol. The largest absolute Gasteiger partial charge is 0.457 e. The normalized spacial score (nSPS) is 15.8. The number of hydrogen-bond acceptors (Lipinski definition) is 2. The number of para-hydroxylation sites is 1. The van der Waals surface area contributed by atoms with Crippen molar-refractivity contribution in [3.63, 3.8) is 0 Å². The molecule has 2 heteroatoms. The number of rotatable bonds is 6. The molecule has 20 heavy (non-hydrogen) atoms. The predicted octanol–water partition coefficient (Wildman–Crippen LogP) is 4.37. The Morgan fingerprint density at radius 3 is 2.55 bits per heavy atom. The van der Waals surface area contributed by atoms with E-state index in [0.29, 0.717) is 6.04 Å². The molecule has 2 nitrogen and oxygen atoms in total. The molecule has 104 valence electrons. The zero-order valence-corrected chi connectivity index (χ0v) is 11.9. The van der Waals surface area contributed by atoms with Gasteiger partial charge in [-0.05, 0) is 55.5 Å². The predicted molar refractivity (Wildman–Crippen MR) is 82.0 cm³/mol. The summed E-state index contributed by atoms with van der Waals surface area (Å²) in [7, 11) is 0. The lowest BCUT2D eigenvalue weighted by Crippen LogP contribution is -2.27. The van der Waals surface area contributed by atoms with Crippen LogP contribution in [-0.2, 0) is 6.54 Å². The van der Waals surface area contributed by atoms with Crippen LogP contribution in [0.15, 0.2) is 54.6 Å². The van der Waals surface area contributed by atoms with Crippen molar-refractivity contribution in [2.75, 3.05) is 0 Å². The lowest BCUT2D eigenvalue weighted by molar-refractivity contribution is 0.477. The zero-order valence-electron chi connectivity index (χ0n) is 11.9. The molecule has 0 aromatic heterocycles. The van der Waals surface area contributed by atoms with Crippen molar-refractivity contribution in [2.24, 2.45) is 5.92 Å². The van der Waals surface area contributed by atoms with E-state index >= 15 is 0 Å². The highest BCUT2D eigenvalue weighted by molar-refractivity contribution is 5.33. The Kier molecular flexibility index (Phi) is 4.03. The Morgan fingerprint density at radius 1 is 1.05 bits per heavy atom. The second-order valence-corrected chi connectivity index (χ2v) is 5.57. The maximum absolute atomic E-state index is 5.86. The first kappa shape index (κ1) is 13.2. The van der Waals surface area contributed by atoms with E-state index in [-0.39, 0.29) is 0 Å². The van der Waals surface area contributed by atoms with Gasteiger partial charge in [0.05, 0.1) is 0 Å². The topological polar surface area (TPSA) is 21.3 Å². The standard InChI is InChI=1S/C18H21NO/c1-14(16-10-11-16)19-13-15-6-5-9-18(12-15)20-17-7-3-2-4-8-17/h2-9,12,14,16,19H,10-11,13H2,1H3/t14-/m0/s1. The van der Waals surface area contributed by atoms with E-state index in [1.165, 1.54) is 18.4 Å². The van der Waals surface area contributed by atoms with Gasteiger partial charge in [0.2, 0.25) is 0 Å². The maximum Gasteiger partial charge on any atom is 0.127 e. The van der Waals surface area contributed by atoms with E-state index < -0.39 is 0 Å². The maximum atomic E-state index is 5.86. The van der Waals surface area contributed by atoms with Gasteiger partial charge < -0.3 is 10.1 Å². The molecule has 0 radical (unpaired) electrons. The van der Waals surface area contributed by atoms with Crippen LogP contribution in [0.25, 0.3) is 0 Å². The third-order valence-electron chi connectivity index (χ3n) is 3.83. The molecule has 2 aromatic carbocycles. The third kappa shape index (κ3) is 3.61. The minimum atomic E-state index is 0.619. The molecule has 0 aliphatic heterocycles. The second-order valence-electron chi connectivity index (χ2n) is 5.57. The summed E-state index contributed by atoms with van der Waals surface area (Å²) in [5.74, 6) is 2.66. The van der Waals surface area contributed by atoms with Crippen LogP contribution in [0.3, 0.4) is 0 Å². The SMILES string of the molecule is C[C@H](NCc1cccc(Oc2ccccc2)c1)C1CC1. The second kappa shape index (κ2) is 6.10. The van der Waals surface area contributed by atoms with Crippen molar-refractivity contribution in [2.45, 2.75) is 32.4 Å². The van der Waals surface area contributed by atoms with Crippen LogP contribution in [0.2, 0.25) is 0 Å². The summed E-state index contributed by atoms with van der Waals surface area (Å²) in [6, 6.07) is 18.8. The van der Waals surface area contributed by atoms with E-state index in [2.05, 4.69) is 30.4 Å². The van der Waals surface area contributed by atoms with Crippen LogP contribution in [0.5, 0.6) is 11.5 Å². The van der Waals surface area contributed by atoms with Gasteiger partial charge >= 0.3 is 0 Å². The van der Waals surface area contributed by atoms with Gasteiger partial charge in [0, 0.05) is 12.6 Å². The van der Waals surface area contributed by atoms with Crippen molar-refractivity contribution >= 4 is 0 Å². The summed E-state index contributed by atoms with van der Waals surface area (Å²) in [5.41, 5.74) is 1.27. The Bertz CT molecular complexity index is 548.